The highest BCUT2D eigenvalue weighted by Crippen LogP contribution is 2.28. The Morgan fingerprint density at radius 2 is 1.86 bits per heavy atom. The first-order valence-corrected chi connectivity index (χ1v) is 8.04. The number of rotatable bonds is 4. The minimum atomic E-state index is -3.42. The quantitative estimate of drug-likeness (QED) is 0.937. The second-order valence-electron chi connectivity index (χ2n) is 4.72. The second kappa shape index (κ2) is 5.65. The Morgan fingerprint density at radius 1 is 1.19 bits per heavy atom. The lowest BCUT2D eigenvalue weighted by molar-refractivity contribution is -0.117. The maximum Gasteiger partial charge on any atom is 0.221 e. The number of carbonyl (C=O) groups is 1. The lowest BCUT2D eigenvalue weighted by Gasteiger charge is -2.09. The molecule has 1 amide bonds. The number of carbonyl (C=O) groups excluding carboxylic acids is 1. The lowest BCUT2D eigenvalue weighted by Crippen LogP contribution is -2.14. The van der Waals surface area contributed by atoms with E-state index in [0.717, 1.165) is 6.26 Å². The first kappa shape index (κ1) is 15.2. The van der Waals surface area contributed by atoms with Crippen LogP contribution in [0, 0.1) is 5.82 Å². The molecule has 0 spiro atoms. The molecule has 4 nitrogen and oxygen atoms in total. The molecule has 0 atom stereocenters. The fourth-order valence-electron chi connectivity index (χ4n) is 2.07. The third-order valence-electron chi connectivity index (χ3n) is 3.02. The van der Waals surface area contributed by atoms with Gasteiger partial charge < -0.3 is 5.73 Å². The van der Waals surface area contributed by atoms with E-state index >= 15 is 0 Å². The summed E-state index contributed by atoms with van der Waals surface area (Å²) >= 11 is 0. The lowest BCUT2D eigenvalue weighted by atomic mass is 10.0. The molecule has 0 saturated heterocycles. The van der Waals surface area contributed by atoms with Crippen molar-refractivity contribution in [1.29, 1.82) is 0 Å². The summed E-state index contributed by atoms with van der Waals surface area (Å²) in [4.78, 5) is 11.0. The van der Waals surface area contributed by atoms with Crippen LogP contribution >= 0.6 is 0 Å². The number of hydrogen-bond donors (Lipinski definition) is 1. The normalized spacial score (nSPS) is 11.3. The highest BCUT2D eigenvalue weighted by atomic mass is 32.2. The van der Waals surface area contributed by atoms with Gasteiger partial charge in [0.1, 0.15) is 5.82 Å². The van der Waals surface area contributed by atoms with Crippen LogP contribution in [0.1, 0.15) is 5.56 Å². The van der Waals surface area contributed by atoms with Crippen molar-refractivity contribution >= 4 is 15.7 Å². The van der Waals surface area contributed by atoms with Gasteiger partial charge >= 0.3 is 0 Å². The second-order valence-corrected chi connectivity index (χ2v) is 6.70. The molecule has 0 aromatic heterocycles. The van der Waals surface area contributed by atoms with Gasteiger partial charge in [-0.15, -0.1) is 0 Å². The van der Waals surface area contributed by atoms with Crippen LogP contribution in [0.2, 0.25) is 0 Å². The molecule has 0 aliphatic carbocycles. The molecular weight excluding hydrogens is 293 g/mol. The molecular formula is C15H14FNO3S. The number of hydrogen-bond acceptors (Lipinski definition) is 3. The molecule has 2 aromatic carbocycles. The van der Waals surface area contributed by atoms with E-state index < -0.39 is 21.6 Å². The van der Waals surface area contributed by atoms with Crippen molar-refractivity contribution in [3.63, 3.8) is 0 Å². The Kier molecular flexibility index (Phi) is 4.09. The van der Waals surface area contributed by atoms with Crippen LogP contribution in [0.15, 0.2) is 47.4 Å². The van der Waals surface area contributed by atoms with E-state index in [0.29, 0.717) is 11.1 Å². The van der Waals surface area contributed by atoms with Gasteiger partial charge in [0.25, 0.3) is 0 Å². The standard InChI is InChI=1S/C15H14FNO3S/c1-21(19,20)14-5-3-2-4-12(14)10-6-7-11(9-15(17)18)13(16)8-10/h2-8H,9H2,1H3,(H2,17,18). The van der Waals surface area contributed by atoms with Crippen LogP contribution in [0.25, 0.3) is 11.1 Å². The third-order valence-corrected chi connectivity index (χ3v) is 4.17. The summed E-state index contributed by atoms with van der Waals surface area (Å²) in [6.45, 7) is 0. The molecule has 0 heterocycles. The molecule has 110 valence electrons. The van der Waals surface area contributed by atoms with Gasteiger partial charge in [0, 0.05) is 11.8 Å². The molecule has 0 saturated carbocycles. The van der Waals surface area contributed by atoms with E-state index in [1.165, 1.54) is 18.2 Å². The summed E-state index contributed by atoms with van der Waals surface area (Å²) in [6, 6.07) is 10.6. The van der Waals surface area contributed by atoms with Gasteiger partial charge in [0.15, 0.2) is 9.84 Å². The molecule has 0 fully saturated rings. The molecule has 0 radical (unpaired) electrons. The summed E-state index contributed by atoms with van der Waals surface area (Å²) in [5.41, 5.74) is 6.08. The van der Waals surface area contributed by atoms with Crippen LogP contribution < -0.4 is 5.73 Å². The topological polar surface area (TPSA) is 77.2 Å². The van der Waals surface area contributed by atoms with E-state index in [1.54, 1.807) is 24.3 Å². The van der Waals surface area contributed by atoms with Crippen molar-refractivity contribution < 1.29 is 17.6 Å². The largest absolute Gasteiger partial charge is 0.369 e. The Morgan fingerprint density at radius 3 is 2.43 bits per heavy atom. The molecule has 2 N–H and O–H groups in total. The monoisotopic (exact) mass is 307 g/mol. The molecule has 6 heteroatoms. The van der Waals surface area contributed by atoms with E-state index in [-0.39, 0.29) is 16.9 Å². The van der Waals surface area contributed by atoms with Crippen LogP contribution in [0.4, 0.5) is 4.39 Å². The zero-order valence-corrected chi connectivity index (χ0v) is 12.2. The molecule has 2 rings (SSSR count). The summed E-state index contributed by atoms with van der Waals surface area (Å²) in [5, 5.41) is 0. The SMILES string of the molecule is CS(=O)(=O)c1ccccc1-c1ccc(CC(N)=O)c(F)c1. The summed E-state index contributed by atoms with van der Waals surface area (Å²) in [7, 11) is -3.42. The van der Waals surface area contributed by atoms with Crippen molar-refractivity contribution in [3.05, 3.63) is 53.8 Å². The highest BCUT2D eigenvalue weighted by molar-refractivity contribution is 7.90. The molecule has 0 aliphatic heterocycles. The van der Waals surface area contributed by atoms with Crippen LogP contribution in [-0.4, -0.2) is 20.6 Å². The minimum absolute atomic E-state index is 0.132. The zero-order chi connectivity index (χ0) is 15.6. The van der Waals surface area contributed by atoms with Crippen molar-refractivity contribution in [2.24, 2.45) is 5.73 Å². The number of amides is 1. The van der Waals surface area contributed by atoms with E-state index in [9.17, 15) is 17.6 Å². The summed E-state index contributed by atoms with van der Waals surface area (Å²) in [6.07, 6.45) is 0.906. The van der Waals surface area contributed by atoms with E-state index in [1.807, 2.05) is 0 Å². The van der Waals surface area contributed by atoms with Gasteiger partial charge in [-0.05, 0) is 23.3 Å². The number of benzene rings is 2. The van der Waals surface area contributed by atoms with Crippen molar-refractivity contribution in [2.75, 3.05) is 6.26 Å². The number of primary amides is 1. The van der Waals surface area contributed by atoms with Gasteiger partial charge in [-0.25, -0.2) is 12.8 Å². The van der Waals surface area contributed by atoms with Gasteiger partial charge in [-0.3, -0.25) is 4.79 Å². The van der Waals surface area contributed by atoms with E-state index in [4.69, 9.17) is 5.73 Å². The van der Waals surface area contributed by atoms with Crippen LogP contribution in [0.5, 0.6) is 0 Å². The predicted octanol–water partition coefficient (Wildman–Crippen LogP) is 1.92. The van der Waals surface area contributed by atoms with Gasteiger partial charge in [0.2, 0.25) is 5.91 Å². The number of halogens is 1. The highest BCUT2D eigenvalue weighted by Gasteiger charge is 2.15. The fourth-order valence-corrected chi connectivity index (χ4v) is 2.99. The smallest absolute Gasteiger partial charge is 0.221 e. The minimum Gasteiger partial charge on any atom is -0.369 e. The van der Waals surface area contributed by atoms with Gasteiger partial charge in [0.05, 0.1) is 11.3 Å². The number of sulfone groups is 1. The molecule has 21 heavy (non-hydrogen) atoms. The molecule has 0 aliphatic rings. The molecule has 2 aromatic rings. The predicted molar refractivity (Wildman–Crippen MR) is 77.8 cm³/mol. The maximum atomic E-state index is 14.0. The molecule has 0 unspecified atom stereocenters. The van der Waals surface area contributed by atoms with Gasteiger partial charge in [-0.1, -0.05) is 30.3 Å². The summed E-state index contributed by atoms with van der Waals surface area (Å²) < 4.78 is 37.5. The Hall–Kier alpha value is -2.21. The first-order valence-electron chi connectivity index (χ1n) is 6.15. The third kappa shape index (κ3) is 3.46. The van der Waals surface area contributed by atoms with Crippen LogP contribution in [-0.2, 0) is 21.1 Å². The average molecular weight is 307 g/mol. The summed E-state index contributed by atoms with van der Waals surface area (Å²) in [5.74, 6) is -1.22. The van der Waals surface area contributed by atoms with Crippen molar-refractivity contribution in [1.82, 2.24) is 0 Å². The fraction of sp³-hybridized carbons (Fsp3) is 0.133. The maximum absolute atomic E-state index is 14.0. The first-order chi connectivity index (χ1) is 9.79. The van der Waals surface area contributed by atoms with Crippen molar-refractivity contribution in [3.8, 4) is 11.1 Å². The van der Waals surface area contributed by atoms with Crippen molar-refractivity contribution in [2.45, 2.75) is 11.3 Å². The Bertz CT molecular complexity index is 800. The number of nitrogens with two attached hydrogens (primary N) is 1. The van der Waals surface area contributed by atoms with Gasteiger partial charge in [-0.2, -0.15) is 0 Å². The zero-order valence-electron chi connectivity index (χ0n) is 11.3. The molecule has 0 bridgehead atoms. The van der Waals surface area contributed by atoms with E-state index in [2.05, 4.69) is 0 Å². The Balaban J connectivity index is 2.54. The Labute approximate surface area is 122 Å². The average Bonchev–Trinajstić information content (AvgIpc) is 2.40. The van der Waals surface area contributed by atoms with Crippen LogP contribution in [0.3, 0.4) is 0 Å².